The summed E-state index contributed by atoms with van der Waals surface area (Å²) in [6, 6.07) is 0.469. The second kappa shape index (κ2) is 6.71. The molecule has 1 aromatic rings. The second-order valence-electron chi connectivity index (χ2n) is 3.94. The van der Waals surface area contributed by atoms with Gasteiger partial charge in [-0.2, -0.15) is 0 Å². The Kier molecular flexibility index (Phi) is 5.58. The third kappa shape index (κ3) is 3.26. The van der Waals surface area contributed by atoms with Crippen molar-refractivity contribution in [3.63, 3.8) is 0 Å². The molecule has 0 spiro atoms. The zero-order valence-electron chi connectivity index (χ0n) is 10.9. The Balaban J connectivity index is 2.94. The number of hydrogen-bond donors (Lipinski definition) is 0. The van der Waals surface area contributed by atoms with Crippen molar-refractivity contribution in [2.45, 2.75) is 39.3 Å². The van der Waals surface area contributed by atoms with Gasteiger partial charge in [-0.1, -0.05) is 25.2 Å². The molecule has 0 aliphatic heterocycles. The first-order chi connectivity index (χ1) is 8.17. The zero-order chi connectivity index (χ0) is 12.8. The minimum absolute atomic E-state index is 0.390. The van der Waals surface area contributed by atoms with E-state index in [9.17, 15) is 4.79 Å². The number of carbonyl (C=O) groups is 1. The van der Waals surface area contributed by atoms with E-state index in [2.05, 4.69) is 23.7 Å². The van der Waals surface area contributed by atoms with Gasteiger partial charge in [0.2, 0.25) is 0 Å². The van der Waals surface area contributed by atoms with Crippen LogP contribution in [0.1, 0.15) is 42.1 Å². The maximum atomic E-state index is 10.9. The minimum atomic E-state index is 0.390. The van der Waals surface area contributed by atoms with E-state index >= 15 is 0 Å². The van der Waals surface area contributed by atoms with Crippen molar-refractivity contribution in [3.05, 3.63) is 10.6 Å². The third-order valence-electron chi connectivity index (χ3n) is 2.90. The molecule has 0 bridgehead atoms. The van der Waals surface area contributed by atoms with Crippen molar-refractivity contribution in [3.8, 4) is 0 Å². The largest absolute Gasteiger partial charge is 0.378 e. The Labute approximate surface area is 107 Å². The predicted molar refractivity (Wildman–Crippen MR) is 71.0 cm³/mol. The molecule has 1 rings (SSSR count). The average molecular weight is 256 g/mol. The highest BCUT2D eigenvalue weighted by atomic mass is 32.1. The number of nitrogens with zero attached hydrogens (tertiary/aromatic N) is 2. The lowest BCUT2D eigenvalue weighted by atomic mass is 10.1. The molecule has 0 radical (unpaired) electrons. The lowest BCUT2D eigenvalue weighted by Crippen LogP contribution is -2.30. The molecule has 0 saturated heterocycles. The Hall–Kier alpha value is -0.940. The molecule has 0 fully saturated rings. The Morgan fingerprint density at radius 3 is 2.59 bits per heavy atom. The molecule has 0 aromatic carbocycles. The quantitative estimate of drug-likeness (QED) is 0.703. The molecule has 0 unspecified atom stereocenters. The lowest BCUT2D eigenvalue weighted by Gasteiger charge is -2.25. The van der Waals surface area contributed by atoms with Crippen LogP contribution in [0.25, 0.3) is 0 Å². The lowest BCUT2D eigenvalue weighted by molar-refractivity contribution is 0.112. The van der Waals surface area contributed by atoms with Crippen LogP contribution in [0.3, 0.4) is 0 Å². The monoisotopic (exact) mass is 256 g/mol. The van der Waals surface area contributed by atoms with Crippen LogP contribution in [-0.4, -0.2) is 31.5 Å². The number of aromatic nitrogens is 1. The molecular weight excluding hydrogens is 236 g/mol. The van der Waals surface area contributed by atoms with Crippen molar-refractivity contribution >= 4 is 22.8 Å². The summed E-state index contributed by atoms with van der Waals surface area (Å²) >= 11 is 1.43. The summed E-state index contributed by atoms with van der Waals surface area (Å²) < 4.78 is 5.04. The van der Waals surface area contributed by atoms with Crippen LogP contribution < -0.4 is 4.90 Å². The van der Waals surface area contributed by atoms with Gasteiger partial charge in [0.15, 0.2) is 11.4 Å². The molecule has 0 N–H and O–H groups in total. The van der Waals surface area contributed by atoms with E-state index in [0.29, 0.717) is 17.5 Å². The number of anilines is 1. The summed E-state index contributed by atoms with van der Waals surface area (Å²) in [6.45, 7) is 4.71. The smallest absolute Gasteiger partial charge is 0.186 e. The van der Waals surface area contributed by atoms with Gasteiger partial charge < -0.3 is 9.64 Å². The second-order valence-corrected chi connectivity index (χ2v) is 4.95. The molecule has 0 amide bonds. The molecule has 1 heterocycles. The first-order valence-corrected chi connectivity index (χ1v) is 6.66. The molecular formula is C12H20N2O2S. The first kappa shape index (κ1) is 14.1. The Morgan fingerprint density at radius 2 is 2.12 bits per heavy atom. The molecule has 96 valence electrons. The summed E-state index contributed by atoms with van der Waals surface area (Å²) in [5, 5.41) is 0.896. The molecule has 0 aliphatic rings. The predicted octanol–water partition coefficient (Wildman–Crippen LogP) is 2.73. The summed E-state index contributed by atoms with van der Waals surface area (Å²) in [6.07, 6.45) is 3.00. The van der Waals surface area contributed by atoms with Gasteiger partial charge in [0.25, 0.3) is 0 Å². The van der Waals surface area contributed by atoms with Crippen LogP contribution in [-0.2, 0) is 11.3 Å². The molecule has 0 saturated carbocycles. The highest BCUT2D eigenvalue weighted by Crippen LogP contribution is 2.27. The van der Waals surface area contributed by atoms with Gasteiger partial charge in [0.1, 0.15) is 0 Å². The van der Waals surface area contributed by atoms with Crippen LogP contribution >= 0.6 is 11.3 Å². The van der Waals surface area contributed by atoms with Crippen LogP contribution in [0.5, 0.6) is 0 Å². The van der Waals surface area contributed by atoms with E-state index in [-0.39, 0.29) is 0 Å². The number of ether oxygens (including phenoxy) is 1. The van der Waals surface area contributed by atoms with Gasteiger partial charge in [-0.05, 0) is 12.8 Å². The summed E-state index contributed by atoms with van der Waals surface area (Å²) in [5.74, 6) is 0. The molecule has 1 aromatic heterocycles. The van der Waals surface area contributed by atoms with Crippen LogP contribution in [0, 0.1) is 0 Å². The molecule has 4 nitrogen and oxygen atoms in total. The normalized spacial score (nSPS) is 10.9. The van der Waals surface area contributed by atoms with E-state index < -0.39 is 0 Å². The van der Waals surface area contributed by atoms with Gasteiger partial charge in [-0.3, -0.25) is 4.79 Å². The Bertz CT molecular complexity index is 361. The van der Waals surface area contributed by atoms with E-state index in [4.69, 9.17) is 4.74 Å². The third-order valence-corrected chi connectivity index (χ3v) is 4.01. The summed E-state index contributed by atoms with van der Waals surface area (Å²) in [4.78, 5) is 18.2. The highest BCUT2D eigenvalue weighted by Gasteiger charge is 2.17. The standard InChI is InChI=1S/C12H20N2O2S/c1-5-9(6-2)14(3)12-13-10(8-16-4)11(7-15)17-12/h7,9H,5-6,8H2,1-4H3. The van der Waals surface area contributed by atoms with Gasteiger partial charge in [0.05, 0.1) is 17.2 Å². The molecule has 5 heteroatoms. The molecule has 0 aliphatic carbocycles. The van der Waals surface area contributed by atoms with Gasteiger partial charge in [0, 0.05) is 20.2 Å². The van der Waals surface area contributed by atoms with E-state index in [0.717, 1.165) is 30.0 Å². The zero-order valence-corrected chi connectivity index (χ0v) is 11.7. The van der Waals surface area contributed by atoms with Crippen LogP contribution in [0.15, 0.2) is 0 Å². The first-order valence-electron chi connectivity index (χ1n) is 5.84. The average Bonchev–Trinajstić information content (AvgIpc) is 2.74. The number of methoxy groups -OCH3 is 1. The minimum Gasteiger partial charge on any atom is -0.378 e. The number of aldehydes is 1. The maximum absolute atomic E-state index is 10.9. The maximum Gasteiger partial charge on any atom is 0.186 e. The van der Waals surface area contributed by atoms with Crippen LogP contribution in [0.4, 0.5) is 5.13 Å². The van der Waals surface area contributed by atoms with Crippen molar-refractivity contribution in [1.82, 2.24) is 4.98 Å². The number of rotatable bonds is 7. The van der Waals surface area contributed by atoms with Crippen molar-refractivity contribution in [1.29, 1.82) is 0 Å². The van der Waals surface area contributed by atoms with E-state index in [1.165, 1.54) is 11.3 Å². The van der Waals surface area contributed by atoms with Crippen LogP contribution in [0.2, 0.25) is 0 Å². The Morgan fingerprint density at radius 1 is 1.47 bits per heavy atom. The van der Waals surface area contributed by atoms with E-state index in [1.54, 1.807) is 7.11 Å². The molecule has 0 atom stereocenters. The van der Waals surface area contributed by atoms with Crippen molar-refractivity contribution < 1.29 is 9.53 Å². The van der Waals surface area contributed by atoms with Crippen molar-refractivity contribution in [2.24, 2.45) is 0 Å². The van der Waals surface area contributed by atoms with Gasteiger partial charge >= 0.3 is 0 Å². The molecule has 17 heavy (non-hydrogen) atoms. The fraction of sp³-hybridized carbons (Fsp3) is 0.667. The number of hydrogen-bond acceptors (Lipinski definition) is 5. The summed E-state index contributed by atoms with van der Waals surface area (Å²) in [5.41, 5.74) is 0.736. The highest BCUT2D eigenvalue weighted by molar-refractivity contribution is 7.17. The van der Waals surface area contributed by atoms with E-state index in [1.807, 2.05) is 7.05 Å². The fourth-order valence-corrected chi connectivity index (χ4v) is 2.74. The van der Waals surface area contributed by atoms with Gasteiger partial charge in [-0.25, -0.2) is 4.98 Å². The topological polar surface area (TPSA) is 42.4 Å². The number of carbonyl (C=O) groups excluding carboxylic acids is 1. The van der Waals surface area contributed by atoms with Crippen molar-refractivity contribution in [2.75, 3.05) is 19.1 Å². The SMILES string of the molecule is CCC(CC)N(C)c1nc(COC)c(C=O)s1. The van der Waals surface area contributed by atoms with Gasteiger partial charge in [-0.15, -0.1) is 0 Å². The number of thiazole rings is 1. The summed E-state index contributed by atoms with van der Waals surface area (Å²) in [7, 11) is 3.64. The fourth-order valence-electron chi connectivity index (χ4n) is 1.83.